The molecule has 3 amide bonds. The summed E-state index contributed by atoms with van der Waals surface area (Å²) < 4.78 is 0. The number of carbonyl (C=O) groups is 3. The van der Waals surface area contributed by atoms with E-state index >= 15 is 0 Å². The summed E-state index contributed by atoms with van der Waals surface area (Å²) >= 11 is 1.67. The molecule has 3 rings (SSSR count). The van der Waals surface area contributed by atoms with Crippen LogP contribution in [-0.2, 0) is 6.54 Å². The Balaban J connectivity index is 1.79. The molecule has 0 bridgehead atoms. The summed E-state index contributed by atoms with van der Waals surface area (Å²) in [6.07, 6.45) is 2.02. The first kappa shape index (κ1) is 17.2. The van der Waals surface area contributed by atoms with Crippen LogP contribution in [0.4, 0.5) is 0 Å². The van der Waals surface area contributed by atoms with E-state index in [1.54, 1.807) is 35.8 Å². The number of benzene rings is 2. The Bertz CT molecular complexity index is 861. The highest BCUT2D eigenvalue weighted by Gasteiger charge is 2.33. The number of nitrogens with zero attached hydrogens (tertiary/aromatic N) is 2. The molecule has 0 radical (unpaired) electrons. The highest BCUT2D eigenvalue weighted by Crippen LogP contribution is 2.23. The van der Waals surface area contributed by atoms with Gasteiger partial charge < -0.3 is 4.90 Å². The van der Waals surface area contributed by atoms with Gasteiger partial charge in [-0.15, -0.1) is 11.8 Å². The minimum Gasteiger partial charge on any atom is -0.337 e. The van der Waals surface area contributed by atoms with Crippen LogP contribution in [0.3, 0.4) is 0 Å². The van der Waals surface area contributed by atoms with E-state index in [0.29, 0.717) is 17.7 Å². The molecular formula is C19H18N2O3S. The van der Waals surface area contributed by atoms with Crippen LogP contribution in [0.15, 0.2) is 47.4 Å². The second-order valence-corrected chi connectivity index (χ2v) is 6.82. The maximum atomic E-state index is 12.7. The number of amides is 3. The van der Waals surface area contributed by atoms with Crippen molar-refractivity contribution in [3.8, 4) is 0 Å². The van der Waals surface area contributed by atoms with Crippen molar-refractivity contribution >= 4 is 29.5 Å². The highest BCUT2D eigenvalue weighted by atomic mass is 32.2. The number of imide groups is 1. The van der Waals surface area contributed by atoms with Crippen LogP contribution in [0.25, 0.3) is 0 Å². The molecule has 1 aliphatic heterocycles. The molecule has 2 aromatic rings. The Morgan fingerprint density at radius 2 is 1.68 bits per heavy atom. The van der Waals surface area contributed by atoms with Gasteiger partial charge in [0.1, 0.15) is 0 Å². The monoisotopic (exact) mass is 354 g/mol. The molecule has 0 N–H and O–H groups in total. The van der Waals surface area contributed by atoms with E-state index in [-0.39, 0.29) is 23.3 Å². The maximum Gasteiger partial charge on any atom is 0.261 e. The Morgan fingerprint density at radius 3 is 2.32 bits per heavy atom. The van der Waals surface area contributed by atoms with Gasteiger partial charge in [0.05, 0.1) is 11.1 Å². The van der Waals surface area contributed by atoms with Gasteiger partial charge in [0, 0.05) is 31.1 Å². The number of fused-ring (bicyclic) bond motifs is 1. The zero-order valence-corrected chi connectivity index (χ0v) is 15.1. The number of carbonyl (C=O) groups excluding carboxylic acids is 3. The largest absolute Gasteiger partial charge is 0.337 e. The molecule has 0 spiro atoms. The van der Waals surface area contributed by atoms with Crippen LogP contribution >= 0.6 is 11.8 Å². The van der Waals surface area contributed by atoms with Gasteiger partial charge in [-0.2, -0.15) is 0 Å². The molecule has 128 valence electrons. The van der Waals surface area contributed by atoms with Crippen molar-refractivity contribution in [1.29, 1.82) is 0 Å². The normalized spacial score (nSPS) is 13.2. The van der Waals surface area contributed by atoms with E-state index in [1.165, 1.54) is 18.0 Å². The van der Waals surface area contributed by atoms with Crippen molar-refractivity contribution in [2.24, 2.45) is 0 Å². The van der Waals surface area contributed by atoms with Crippen molar-refractivity contribution in [2.45, 2.75) is 11.4 Å². The summed E-state index contributed by atoms with van der Waals surface area (Å²) in [5.74, 6) is -0.891. The molecule has 0 fully saturated rings. The minimum absolute atomic E-state index is 0.188. The second-order valence-electron chi connectivity index (χ2n) is 5.94. The molecular weight excluding hydrogens is 336 g/mol. The van der Waals surface area contributed by atoms with E-state index in [1.807, 2.05) is 30.5 Å². The highest BCUT2D eigenvalue weighted by molar-refractivity contribution is 7.98. The summed E-state index contributed by atoms with van der Waals surface area (Å²) in [5, 5.41) is 0. The van der Waals surface area contributed by atoms with Gasteiger partial charge >= 0.3 is 0 Å². The van der Waals surface area contributed by atoms with Gasteiger partial charge in [-0.05, 0) is 42.2 Å². The number of rotatable bonds is 4. The van der Waals surface area contributed by atoms with Gasteiger partial charge in [-0.1, -0.05) is 12.1 Å². The Labute approximate surface area is 150 Å². The van der Waals surface area contributed by atoms with Crippen LogP contribution in [0.1, 0.15) is 36.6 Å². The molecule has 0 aliphatic carbocycles. The van der Waals surface area contributed by atoms with Crippen LogP contribution in [0.5, 0.6) is 0 Å². The first-order valence-corrected chi connectivity index (χ1v) is 8.99. The predicted molar refractivity (Wildman–Crippen MR) is 96.9 cm³/mol. The molecule has 25 heavy (non-hydrogen) atoms. The molecule has 6 heteroatoms. The summed E-state index contributed by atoms with van der Waals surface area (Å²) in [7, 11) is 3.16. The first-order valence-electron chi connectivity index (χ1n) is 7.77. The molecule has 0 atom stereocenters. The van der Waals surface area contributed by atoms with Crippen molar-refractivity contribution in [2.75, 3.05) is 20.4 Å². The van der Waals surface area contributed by atoms with Crippen LogP contribution in [0, 0.1) is 0 Å². The van der Waals surface area contributed by atoms with Crippen LogP contribution in [-0.4, -0.2) is 47.9 Å². The fourth-order valence-electron chi connectivity index (χ4n) is 2.79. The zero-order chi connectivity index (χ0) is 18.1. The van der Waals surface area contributed by atoms with E-state index in [0.717, 1.165) is 10.5 Å². The second kappa shape index (κ2) is 6.72. The van der Waals surface area contributed by atoms with Crippen LogP contribution in [0.2, 0.25) is 0 Å². The van der Waals surface area contributed by atoms with Gasteiger partial charge in [0.2, 0.25) is 0 Å². The van der Waals surface area contributed by atoms with E-state index < -0.39 is 0 Å². The number of thioether (sulfide) groups is 1. The third-order valence-electron chi connectivity index (χ3n) is 4.26. The Kier molecular flexibility index (Phi) is 4.63. The Hall–Kier alpha value is -2.60. The van der Waals surface area contributed by atoms with E-state index in [2.05, 4.69) is 0 Å². The predicted octanol–water partition coefficient (Wildman–Crippen LogP) is 2.91. The van der Waals surface area contributed by atoms with Gasteiger partial charge in [0.25, 0.3) is 17.7 Å². The lowest BCUT2D eigenvalue weighted by Crippen LogP contribution is -2.26. The summed E-state index contributed by atoms with van der Waals surface area (Å²) in [5.41, 5.74) is 2.06. The molecule has 2 aromatic carbocycles. The maximum absolute atomic E-state index is 12.7. The van der Waals surface area contributed by atoms with E-state index in [9.17, 15) is 14.4 Å². The standard InChI is InChI=1S/C19H18N2O3S/c1-20(11-12-4-7-14(25-3)8-5-12)17(22)13-6-9-15-16(10-13)19(24)21(2)18(15)23/h4-10H,11H2,1-3H3. The number of hydrogen-bond acceptors (Lipinski definition) is 4. The third kappa shape index (κ3) is 3.17. The average Bonchev–Trinajstić information content (AvgIpc) is 2.85. The minimum atomic E-state index is -0.370. The van der Waals surface area contributed by atoms with Crippen molar-refractivity contribution in [1.82, 2.24) is 9.80 Å². The molecule has 0 aromatic heterocycles. The molecule has 0 saturated carbocycles. The van der Waals surface area contributed by atoms with Crippen molar-refractivity contribution < 1.29 is 14.4 Å². The smallest absolute Gasteiger partial charge is 0.261 e. The van der Waals surface area contributed by atoms with Gasteiger partial charge in [-0.25, -0.2) is 0 Å². The lowest BCUT2D eigenvalue weighted by Gasteiger charge is -2.18. The van der Waals surface area contributed by atoms with Crippen molar-refractivity contribution in [3.05, 3.63) is 64.7 Å². The zero-order valence-electron chi connectivity index (χ0n) is 14.3. The fourth-order valence-corrected chi connectivity index (χ4v) is 3.20. The summed E-state index contributed by atoms with van der Waals surface area (Å²) in [6, 6.07) is 12.7. The summed E-state index contributed by atoms with van der Waals surface area (Å²) in [6.45, 7) is 0.470. The topological polar surface area (TPSA) is 57.7 Å². The molecule has 5 nitrogen and oxygen atoms in total. The van der Waals surface area contributed by atoms with Crippen molar-refractivity contribution in [3.63, 3.8) is 0 Å². The summed E-state index contributed by atoms with van der Waals surface area (Å²) in [4.78, 5) is 40.5. The molecule has 0 saturated heterocycles. The number of hydrogen-bond donors (Lipinski definition) is 0. The lowest BCUT2D eigenvalue weighted by molar-refractivity contribution is 0.0692. The Morgan fingerprint density at radius 1 is 1.04 bits per heavy atom. The SMILES string of the molecule is CSc1ccc(CN(C)C(=O)c2ccc3c(c2)C(=O)N(C)C3=O)cc1. The van der Waals surface area contributed by atoms with Gasteiger partial charge in [-0.3, -0.25) is 19.3 Å². The van der Waals surface area contributed by atoms with E-state index in [4.69, 9.17) is 0 Å². The van der Waals surface area contributed by atoms with Gasteiger partial charge in [0.15, 0.2) is 0 Å². The first-order chi connectivity index (χ1) is 11.9. The quantitative estimate of drug-likeness (QED) is 0.626. The lowest BCUT2D eigenvalue weighted by atomic mass is 10.0. The average molecular weight is 354 g/mol. The van der Waals surface area contributed by atoms with Crippen LogP contribution < -0.4 is 0 Å². The molecule has 0 unspecified atom stereocenters. The molecule has 1 aliphatic rings. The molecule has 1 heterocycles. The third-order valence-corrected chi connectivity index (χ3v) is 5.01. The fraction of sp³-hybridized carbons (Fsp3) is 0.211.